The zero-order valence-electron chi connectivity index (χ0n) is 10.8. The van der Waals surface area contributed by atoms with Crippen LogP contribution in [0.5, 0.6) is 5.75 Å². The number of methoxy groups -OCH3 is 1. The fourth-order valence-corrected chi connectivity index (χ4v) is 1.72. The van der Waals surface area contributed by atoms with Gasteiger partial charge in [0.15, 0.2) is 23.3 Å². The van der Waals surface area contributed by atoms with E-state index in [1.807, 2.05) is 18.2 Å². The predicted octanol–water partition coefficient (Wildman–Crippen LogP) is 2.27. The van der Waals surface area contributed by atoms with Crippen LogP contribution in [-0.2, 0) is 6.54 Å². The van der Waals surface area contributed by atoms with Crippen molar-refractivity contribution in [3.63, 3.8) is 0 Å². The molecule has 2 aromatic rings. The fourth-order valence-electron chi connectivity index (χ4n) is 1.72. The third-order valence-corrected chi connectivity index (χ3v) is 2.71. The maximum absolute atomic E-state index is 13.6. The van der Waals surface area contributed by atoms with Crippen LogP contribution in [0.3, 0.4) is 0 Å². The highest BCUT2D eigenvalue weighted by atomic mass is 19.1. The van der Waals surface area contributed by atoms with Crippen LogP contribution in [0.15, 0.2) is 30.3 Å². The lowest BCUT2D eigenvalue weighted by Gasteiger charge is -2.11. The lowest BCUT2D eigenvalue weighted by molar-refractivity contribution is 0.410. The highest BCUT2D eigenvalue weighted by Gasteiger charge is 2.11. The normalized spacial score (nSPS) is 10.2. The Bertz CT molecular complexity index is 607. The smallest absolute Gasteiger partial charge is 0.178 e. The number of nitrogen functional groups attached to an aromatic ring is 1. The van der Waals surface area contributed by atoms with Crippen molar-refractivity contribution >= 4 is 11.6 Å². The SMILES string of the molecule is COc1ccccc1CNc1nc(NN)c(F)cc1F. The van der Waals surface area contributed by atoms with Gasteiger partial charge in [0, 0.05) is 18.2 Å². The number of benzene rings is 1. The van der Waals surface area contributed by atoms with Gasteiger partial charge in [-0.2, -0.15) is 0 Å². The Balaban J connectivity index is 2.18. The minimum absolute atomic E-state index is 0.0924. The molecule has 0 aliphatic heterocycles. The van der Waals surface area contributed by atoms with Gasteiger partial charge >= 0.3 is 0 Å². The summed E-state index contributed by atoms with van der Waals surface area (Å²) in [4.78, 5) is 3.72. The molecule has 0 saturated heterocycles. The first-order valence-corrected chi connectivity index (χ1v) is 5.84. The zero-order valence-corrected chi connectivity index (χ0v) is 10.8. The minimum atomic E-state index is -0.854. The largest absolute Gasteiger partial charge is 0.496 e. The van der Waals surface area contributed by atoms with Crippen LogP contribution in [0.25, 0.3) is 0 Å². The van der Waals surface area contributed by atoms with E-state index in [1.165, 1.54) is 0 Å². The van der Waals surface area contributed by atoms with Gasteiger partial charge in [0.25, 0.3) is 0 Å². The first-order chi connectivity index (χ1) is 9.65. The highest BCUT2D eigenvalue weighted by Crippen LogP contribution is 2.21. The van der Waals surface area contributed by atoms with Crippen molar-refractivity contribution in [1.82, 2.24) is 4.98 Å². The first kappa shape index (κ1) is 14.0. The lowest BCUT2D eigenvalue weighted by atomic mass is 10.2. The molecule has 0 aliphatic rings. The maximum atomic E-state index is 13.6. The molecule has 0 bridgehead atoms. The summed E-state index contributed by atoms with van der Waals surface area (Å²) in [7, 11) is 1.55. The number of aromatic nitrogens is 1. The van der Waals surface area contributed by atoms with E-state index in [2.05, 4.69) is 15.7 Å². The van der Waals surface area contributed by atoms with Crippen LogP contribution < -0.4 is 21.3 Å². The van der Waals surface area contributed by atoms with Crippen LogP contribution in [0, 0.1) is 11.6 Å². The number of ether oxygens (including phenoxy) is 1. The van der Waals surface area contributed by atoms with Crippen LogP contribution in [0.2, 0.25) is 0 Å². The molecule has 0 aliphatic carbocycles. The average Bonchev–Trinajstić information content (AvgIpc) is 2.46. The van der Waals surface area contributed by atoms with Gasteiger partial charge in [-0.3, -0.25) is 0 Å². The molecule has 0 amide bonds. The van der Waals surface area contributed by atoms with Gasteiger partial charge in [-0.25, -0.2) is 19.6 Å². The molecule has 0 unspecified atom stereocenters. The van der Waals surface area contributed by atoms with E-state index < -0.39 is 11.6 Å². The Kier molecular flexibility index (Phi) is 4.31. The molecule has 1 aromatic carbocycles. The predicted molar refractivity (Wildman–Crippen MR) is 72.3 cm³/mol. The number of nitrogens with zero attached hydrogens (tertiary/aromatic N) is 1. The fraction of sp³-hybridized carbons (Fsp3) is 0.154. The number of nitrogens with two attached hydrogens (primary N) is 1. The van der Waals surface area contributed by atoms with Gasteiger partial charge in [0.1, 0.15) is 5.75 Å². The zero-order chi connectivity index (χ0) is 14.5. The summed E-state index contributed by atoms with van der Waals surface area (Å²) in [6, 6.07) is 8.00. The number of rotatable bonds is 5. The second kappa shape index (κ2) is 6.16. The number of hydrogen-bond acceptors (Lipinski definition) is 5. The lowest BCUT2D eigenvalue weighted by Crippen LogP contribution is -2.13. The Hall–Kier alpha value is -2.41. The van der Waals surface area contributed by atoms with Crippen LogP contribution in [0.4, 0.5) is 20.4 Å². The van der Waals surface area contributed by atoms with E-state index in [0.29, 0.717) is 11.8 Å². The molecular formula is C13H14F2N4O. The van der Waals surface area contributed by atoms with Gasteiger partial charge < -0.3 is 15.5 Å². The van der Waals surface area contributed by atoms with Crippen molar-refractivity contribution in [2.24, 2.45) is 5.84 Å². The Morgan fingerprint density at radius 2 is 1.90 bits per heavy atom. The summed E-state index contributed by atoms with van der Waals surface area (Å²) in [6.45, 7) is 0.281. The number of pyridine rings is 1. The molecular weight excluding hydrogens is 266 g/mol. The summed E-state index contributed by atoms with van der Waals surface area (Å²) >= 11 is 0. The molecule has 1 aromatic heterocycles. The third-order valence-electron chi connectivity index (χ3n) is 2.71. The molecule has 0 fully saturated rings. The van der Waals surface area contributed by atoms with E-state index in [9.17, 15) is 8.78 Å². The summed E-state index contributed by atoms with van der Waals surface area (Å²) in [5, 5.41) is 2.78. The van der Waals surface area contributed by atoms with Crippen LogP contribution >= 0.6 is 0 Å². The molecule has 20 heavy (non-hydrogen) atoms. The van der Waals surface area contributed by atoms with E-state index >= 15 is 0 Å². The van der Waals surface area contributed by atoms with Crippen LogP contribution in [-0.4, -0.2) is 12.1 Å². The summed E-state index contributed by atoms with van der Waals surface area (Å²) in [5.41, 5.74) is 2.89. The Morgan fingerprint density at radius 3 is 2.60 bits per heavy atom. The van der Waals surface area contributed by atoms with E-state index in [4.69, 9.17) is 10.6 Å². The second-order valence-electron chi connectivity index (χ2n) is 3.96. The molecule has 0 saturated carbocycles. The molecule has 0 radical (unpaired) electrons. The second-order valence-corrected chi connectivity index (χ2v) is 3.96. The van der Waals surface area contributed by atoms with Crippen molar-refractivity contribution in [2.75, 3.05) is 17.9 Å². The standard InChI is InChI=1S/C13H14F2N4O/c1-20-11-5-3-2-4-8(11)7-17-12-9(14)6-10(15)13(18-12)19-16/h2-6H,7,16H2,1H3,(H2,17,18,19). The van der Waals surface area contributed by atoms with Crippen molar-refractivity contribution in [2.45, 2.75) is 6.54 Å². The van der Waals surface area contributed by atoms with E-state index in [1.54, 1.807) is 13.2 Å². The van der Waals surface area contributed by atoms with E-state index in [-0.39, 0.29) is 18.2 Å². The van der Waals surface area contributed by atoms with Crippen molar-refractivity contribution in [3.05, 3.63) is 47.5 Å². The van der Waals surface area contributed by atoms with Gasteiger partial charge in [-0.15, -0.1) is 0 Å². The number of hydrazine groups is 1. The number of nitrogens with one attached hydrogen (secondary N) is 2. The molecule has 7 heteroatoms. The Morgan fingerprint density at radius 1 is 1.20 bits per heavy atom. The van der Waals surface area contributed by atoms with Crippen molar-refractivity contribution in [1.29, 1.82) is 0 Å². The van der Waals surface area contributed by atoms with Gasteiger partial charge in [-0.05, 0) is 6.07 Å². The van der Waals surface area contributed by atoms with Gasteiger partial charge in [0.2, 0.25) is 0 Å². The molecule has 5 nitrogen and oxygen atoms in total. The first-order valence-electron chi connectivity index (χ1n) is 5.84. The summed E-state index contributed by atoms with van der Waals surface area (Å²) < 4.78 is 32.0. The maximum Gasteiger partial charge on any atom is 0.178 e. The van der Waals surface area contributed by atoms with Crippen molar-refractivity contribution < 1.29 is 13.5 Å². The number of para-hydroxylation sites is 1. The minimum Gasteiger partial charge on any atom is -0.496 e. The third kappa shape index (κ3) is 2.94. The number of anilines is 2. The van der Waals surface area contributed by atoms with Gasteiger partial charge in [0.05, 0.1) is 7.11 Å². The molecule has 1 heterocycles. The summed E-state index contributed by atoms with van der Waals surface area (Å²) in [5.74, 6) is 3.80. The summed E-state index contributed by atoms with van der Waals surface area (Å²) in [6.07, 6.45) is 0. The monoisotopic (exact) mass is 280 g/mol. The average molecular weight is 280 g/mol. The molecule has 4 N–H and O–H groups in total. The number of hydrogen-bond donors (Lipinski definition) is 3. The molecule has 0 spiro atoms. The van der Waals surface area contributed by atoms with Crippen molar-refractivity contribution in [3.8, 4) is 5.75 Å². The topological polar surface area (TPSA) is 72.2 Å². The van der Waals surface area contributed by atoms with E-state index in [0.717, 1.165) is 5.56 Å². The highest BCUT2D eigenvalue weighted by molar-refractivity contribution is 5.48. The molecule has 2 rings (SSSR count). The number of halogens is 2. The van der Waals surface area contributed by atoms with Gasteiger partial charge in [-0.1, -0.05) is 18.2 Å². The molecule has 0 atom stereocenters. The quantitative estimate of drug-likeness (QED) is 0.579. The Labute approximate surface area is 114 Å². The molecule has 106 valence electrons. The van der Waals surface area contributed by atoms with Crippen LogP contribution in [0.1, 0.15) is 5.56 Å².